The first-order valence-electron chi connectivity index (χ1n) is 5.75. The Morgan fingerprint density at radius 3 is 2.39 bits per heavy atom. The largest absolute Gasteiger partial charge is 0.377 e. The molecule has 0 aromatic heterocycles. The highest BCUT2D eigenvalue weighted by atomic mass is 79.9. The number of hydrogen-bond acceptors (Lipinski definition) is 4. The van der Waals surface area contributed by atoms with Crippen LogP contribution in [-0.2, 0) is 9.47 Å². The van der Waals surface area contributed by atoms with Crippen LogP contribution in [0.25, 0.3) is 0 Å². The van der Waals surface area contributed by atoms with Gasteiger partial charge in [0.15, 0.2) is 6.29 Å². The molecule has 1 aliphatic rings. The van der Waals surface area contributed by atoms with Crippen LogP contribution in [0.1, 0.15) is 10.4 Å². The van der Waals surface area contributed by atoms with Gasteiger partial charge in [-0.25, -0.2) is 0 Å². The monoisotopic (exact) mass is 313 g/mol. The van der Waals surface area contributed by atoms with Crippen molar-refractivity contribution in [1.29, 1.82) is 0 Å². The van der Waals surface area contributed by atoms with Crippen LogP contribution in [0.4, 0.5) is 5.69 Å². The lowest BCUT2D eigenvalue weighted by molar-refractivity contribution is -0.00461. The Hall–Kier alpha value is -0.910. The maximum Gasteiger partial charge on any atom is 0.152 e. The van der Waals surface area contributed by atoms with Gasteiger partial charge in [0.2, 0.25) is 0 Å². The van der Waals surface area contributed by atoms with Gasteiger partial charge in [-0.2, -0.15) is 0 Å². The van der Waals surface area contributed by atoms with E-state index in [0.717, 1.165) is 29.5 Å². The van der Waals surface area contributed by atoms with E-state index >= 15 is 0 Å². The molecule has 2 rings (SSSR count). The third-order valence-electron chi connectivity index (χ3n) is 3.28. The molecule has 1 fully saturated rings. The number of anilines is 1. The minimum Gasteiger partial charge on any atom is -0.377 e. The molecule has 0 radical (unpaired) electrons. The number of carbonyl (C=O) groups is 1. The predicted octanol–water partition coefficient (Wildman–Crippen LogP) is 2.11. The van der Waals surface area contributed by atoms with Gasteiger partial charge in [-0.15, -0.1) is 0 Å². The fourth-order valence-corrected chi connectivity index (χ4v) is 2.63. The second kappa shape index (κ2) is 5.82. The lowest BCUT2D eigenvalue weighted by Crippen LogP contribution is -2.27. The standard InChI is InChI=1S/C13H16BrNO3/c1-17-12-6-15(7-13(12)18-2)11-5-10(14)4-3-9(11)8-16/h3-5,8,12-13H,6-7H2,1-2H3. The minimum absolute atomic E-state index is 0.0356. The number of carbonyl (C=O) groups excluding carboxylic acids is 1. The van der Waals surface area contributed by atoms with Crippen LogP contribution in [0.5, 0.6) is 0 Å². The van der Waals surface area contributed by atoms with Gasteiger partial charge in [0, 0.05) is 43.0 Å². The van der Waals surface area contributed by atoms with E-state index in [1.165, 1.54) is 0 Å². The van der Waals surface area contributed by atoms with Gasteiger partial charge < -0.3 is 14.4 Å². The quantitative estimate of drug-likeness (QED) is 0.798. The van der Waals surface area contributed by atoms with E-state index in [2.05, 4.69) is 20.8 Å². The summed E-state index contributed by atoms with van der Waals surface area (Å²) >= 11 is 3.43. The third kappa shape index (κ3) is 2.58. The summed E-state index contributed by atoms with van der Waals surface area (Å²) in [5.41, 5.74) is 1.60. The summed E-state index contributed by atoms with van der Waals surface area (Å²) in [6.07, 6.45) is 0.950. The number of rotatable bonds is 4. The molecule has 0 spiro atoms. The zero-order chi connectivity index (χ0) is 13.1. The fraction of sp³-hybridized carbons (Fsp3) is 0.462. The minimum atomic E-state index is 0.0356. The van der Waals surface area contributed by atoms with E-state index in [-0.39, 0.29) is 12.2 Å². The van der Waals surface area contributed by atoms with Gasteiger partial charge in [0.25, 0.3) is 0 Å². The number of aldehydes is 1. The van der Waals surface area contributed by atoms with Crippen LogP contribution in [0.2, 0.25) is 0 Å². The van der Waals surface area contributed by atoms with Gasteiger partial charge in [-0.3, -0.25) is 4.79 Å². The van der Waals surface area contributed by atoms with Crippen molar-refractivity contribution in [1.82, 2.24) is 0 Å². The molecule has 1 heterocycles. The van der Waals surface area contributed by atoms with Gasteiger partial charge >= 0.3 is 0 Å². The molecular weight excluding hydrogens is 298 g/mol. The smallest absolute Gasteiger partial charge is 0.152 e. The van der Waals surface area contributed by atoms with Crippen molar-refractivity contribution in [2.45, 2.75) is 12.2 Å². The molecule has 2 unspecified atom stereocenters. The topological polar surface area (TPSA) is 38.8 Å². The van der Waals surface area contributed by atoms with E-state index in [0.29, 0.717) is 5.56 Å². The zero-order valence-electron chi connectivity index (χ0n) is 10.4. The number of nitrogens with zero attached hydrogens (tertiary/aromatic N) is 1. The highest BCUT2D eigenvalue weighted by molar-refractivity contribution is 9.10. The summed E-state index contributed by atoms with van der Waals surface area (Å²) in [6, 6.07) is 5.63. The Balaban J connectivity index is 2.27. The molecular formula is C13H16BrNO3. The third-order valence-corrected chi connectivity index (χ3v) is 3.77. The molecule has 0 bridgehead atoms. The molecule has 4 nitrogen and oxygen atoms in total. The molecule has 1 aromatic rings. The van der Waals surface area contributed by atoms with Crippen molar-refractivity contribution >= 4 is 27.9 Å². The van der Waals surface area contributed by atoms with Crippen molar-refractivity contribution in [3.8, 4) is 0 Å². The lowest BCUT2D eigenvalue weighted by Gasteiger charge is -2.20. The first-order valence-corrected chi connectivity index (χ1v) is 6.54. The van der Waals surface area contributed by atoms with E-state index in [4.69, 9.17) is 9.47 Å². The SMILES string of the molecule is COC1CN(c2cc(Br)ccc2C=O)CC1OC. The second-order valence-corrected chi connectivity index (χ2v) is 5.19. The van der Waals surface area contributed by atoms with Crippen molar-refractivity contribution in [2.24, 2.45) is 0 Å². The maximum atomic E-state index is 11.1. The summed E-state index contributed by atoms with van der Waals surface area (Å²) < 4.78 is 11.8. The van der Waals surface area contributed by atoms with Crippen LogP contribution < -0.4 is 4.90 Å². The predicted molar refractivity (Wildman–Crippen MR) is 73.3 cm³/mol. The molecule has 98 valence electrons. The lowest BCUT2D eigenvalue weighted by atomic mass is 10.2. The van der Waals surface area contributed by atoms with Gasteiger partial charge in [0.1, 0.15) is 12.2 Å². The molecule has 0 N–H and O–H groups in total. The number of benzene rings is 1. The highest BCUT2D eigenvalue weighted by Gasteiger charge is 2.33. The van der Waals surface area contributed by atoms with Gasteiger partial charge in [0.05, 0.1) is 0 Å². The Morgan fingerprint density at radius 2 is 1.89 bits per heavy atom. The van der Waals surface area contributed by atoms with Crippen molar-refractivity contribution in [3.05, 3.63) is 28.2 Å². The first kappa shape index (κ1) is 13.5. The summed E-state index contributed by atoms with van der Waals surface area (Å²) in [7, 11) is 3.36. The fourth-order valence-electron chi connectivity index (χ4n) is 2.28. The molecule has 18 heavy (non-hydrogen) atoms. The van der Waals surface area contributed by atoms with Crippen LogP contribution in [0.15, 0.2) is 22.7 Å². The summed E-state index contributed by atoms with van der Waals surface area (Å²) in [6.45, 7) is 1.46. The highest BCUT2D eigenvalue weighted by Crippen LogP contribution is 2.28. The Kier molecular flexibility index (Phi) is 4.37. The average Bonchev–Trinajstić information content (AvgIpc) is 2.81. The molecule has 5 heteroatoms. The van der Waals surface area contributed by atoms with Crippen LogP contribution in [0, 0.1) is 0 Å². The Bertz CT molecular complexity index is 426. The van der Waals surface area contributed by atoms with E-state index in [1.807, 2.05) is 18.2 Å². The molecule has 0 saturated carbocycles. The second-order valence-electron chi connectivity index (χ2n) is 4.27. The van der Waals surface area contributed by atoms with Gasteiger partial charge in [-0.1, -0.05) is 15.9 Å². The van der Waals surface area contributed by atoms with Crippen LogP contribution >= 0.6 is 15.9 Å². The molecule has 1 saturated heterocycles. The van der Waals surface area contributed by atoms with Crippen LogP contribution in [0.3, 0.4) is 0 Å². The van der Waals surface area contributed by atoms with E-state index < -0.39 is 0 Å². The molecule has 0 amide bonds. The number of hydrogen-bond donors (Lipinski definition) is 0. The Morgan fingerprint density at radius 1 is 1.28 bits per heavy atom. The van der Waals surface area contributed by atoms with E-state index in [9.17, 15) is 4.79 Å². The van der Waals surface area contributed by atoms with Crippen molar-refractivity contribution in [3.63, 3.8) is 0 Å². The first-order chi connectivity index (χ1) is 8.69. The van der Waals surface area contributed by atoms with Crippen molar-refractivity contribution in [2.75, 3.05) is 32.2 Å². The van der Waals surface area contributed by atoms with Gasteiger partial charge in [-0.05, 0) is 18.2 Å². The summed E-state index contributed by atoms with van der Waals surface area (Å²) in [5, 5.41) is 0. The number of ether oxygens (including phenoxy) is 2. The van der Waals surface area contributed by atoms with E-state index in [1.54, 1.807) is 14.2 Å². The Labute approximate surface area is 115 Å². The number of methoxy groups -OCH3 is 2. The normalized spacial score (nSPS) is 23.4. The number of halogens is 1. The average molecular weight is 314 g/mol. The molecule has 2 atom stereocenters. The van der Waals surface area contributed by atoms with Crippen LogP contribution in [-0.4, -0.2) is 45.8 Å². The molecule has 0 aliphatic carbocycles. The molecule has 1 aromatic carbocycles. The summed E-state index contributed by atoms with van der Waals surface area (Å²) in [5.74, 6) is 0. The zero-order valence-corrected chi connectivity index (χ0v) is 12.0. The summed E-state index contributed by atoms with van der Waals surface area (Å²) in [4.78, 5) is 13.2. The molecule has 1 aliphatic heterocycles. The van der Waals surface area contributed by atoms with Crippen molar-refractivity contribution < 1.29 is 14.3 Å². The maximum absolute atomic E-state index is 11.1.